The number of aliphatic hydroxyl groups is 1. The highest BCUT2D eigenvalue weighted by Crippen LogP contribution is 2.23. The molecular weight excluding hydrogens is 318 g/mol. The number of aliphatic hydroxyl groups excluding tert-OH is 1. The van der Waals surface area contributed by atoms with Gasteiger partial charge in [-0.2, -0.15) is 0 Å². The van der Waals surface area contributed by atoms with Gasteiger partial charge in [0, 0.05) is 31.3 Å². The second kappa shape index (κ2) is 7.27. The number of hydrogen-bond donors (Lipinski definition) is 2. The molecule has 1 aliphatic heterocycles. The van der Waals surface area contributed by atoms with Gasteiger partial charge in [-0.3, -0.25) is 9.59 Å². The monoisotopic (exact) mass is 343 g/mol. The van der Waals surface area contributed by atoms with Gasteiger partial charge in [-0.1, -0.05) is 25.1 Å². The molecule has 3 rings (SSSR count). The first kappa shape index (κ1) is 17.5. The van der Waals surface area contributed by atoms with Crippen molar-refractivity contribution in [3.63, 3.8) is 0 Å². The van der Waals surface area contributed by atoms with Gasteiger partial charge < -0.3 is 19.9 Å². The van der Waals surface area contributed by atoms with Gasteiger partial charge in [0.1, 0.15) is 12.6 Å². The Hall–Kier alpha value is -2.34. The number of carbonyl (C=O) groups excluding carboxylic acids is 2. The molecule has 1 saturated heterocycles. The van der Waals surface area contributed by atoms with Crippen molar-refractivity contribution in [1.82, 2.24) is 14.8 Å². The molecule has 1 aromatic heterocycles. The Morgan fingerprint density at radius 2 is 2.04 bits per heavy atom. The summed E-state index contributed by atoms with van der Waals surface area (Å²) in [7, 11) is 0. The van der Waals surface area contributed by atoms with Gasteiger partial charge in [0.15, 0.2) is 0 Å². The highest BCUT2D eigenvalue weighted by Gasteiger charge is 2.32. The summed E-state index contributed by atoms with van der Waals surface area (Å²) >= 11 is 0. The minimum Gasteiger partial charge on any atom is -0.384 e. The molecule has 2 aromatic rings. The molecule has 2 heterocycles. The number of amides is 2. The number of hydrogen-bond acceptors (Lipinski definition) is 3. The molecule has 134 valence electrons. The quantitative estimate of drug-likeness (QED) is 0.858. The van der Waals surface area contributed by atoms with Crippen LogP contribution in [0.5, 0.6) is 0 Å². The zero-order chi connectivity index (χ0) is 18.0. The fourth-order valence-electron chi connectivity index (χ4n) is 3.41. The van der Waals surface area contributed by atoms with Gasteiger partial charge in [0.05, 0.1) is 0 Å². The van der Waals surface area contributed by atoms with E-state index in [1.54, 1.807) is 0 Å². The van der Waals surface area contributed by atoms with E-state index >= 15 is 0 Å². The van der Waals surface area contributed by atoms with Crippen LogP contribution in [-0.4, -0.2) is 52.1 Å². The summed E-state index contributed by atoms with van der Waals surface area (Å²) in [4.78, 5) is 26.1. The predicted octanol–water partition coefficient (Wildman–Crippen LogP) is 1.23. The molecule has 3 atom stereocenters. The van der Waals surface area contributed by atoms with Crippen LogP contribution in [0, 0.1) is 11.8 Å². The van der Waals surface area contributed by atoms with Crippen LogP contribution >= 0.6 is 0 Å². The molecule has 6 heteroatoms. The van der Waals surface area contributed by atoms with Crippen molar-refractivity contribution in [3.05, 3.63) is 36.5 Å². The molecular formula is C19H25N3O3. The summed E-state index contributed by atoms with van der Waals surface area (Å²) in [5, 5.41) is 13.1. The van der Waals surface area contributed by atoms with Gasteiger partial charge in [-0.05, 0) is 36.3 Å². The number of carbonyl (C=O) groups is 2. The van der Waals surface area contributed by atoms with Crippen LogP contribution in [0.15, 0.2) is 36.5 Å². The molecule has 0 saturated carbocycles. The summed E-state index contributed by atoms with van der Waals surface area (Å²) < 4.78 is 1.98. The third-order valence-electron chi connectivity index (χ3n) is 5.02. The Balaban J connectivity index is 1.59. The fraction of sp³-hybridized carbons (Fsp3) is 0.474. The predicted molar refractivity (Wildman–Crippen MR) is 95.9 cm³/mol. The average molecular weight is 343 g/mol. The topological polar surface area (TPSA) is 74.6 Å². The Kier molecular flexibility index (Phi) is 5.08. The molecule has 0 bridgehead atoms. The molecule has 1 aliphatic rings. The first-order valence-corrected chi connectivity index (χ1v) is 8.73. The Labute approximate surface area is 147 Å². The number of para-hydroxylation sites is 1. The van der Waals surface area contributed by atoms with Crippen LogP contribution in [0.25, 0.3) is 10.9 Å². The molecule has 2 amide bonds. The first-order valence-electron chi connectivity index (χ1n) is 8.73. The van der Waals surface area contributed by atoms with Crippen LogP contribution in [0.3, 0.4) is 0 Å². The highest BCUT2D eigenvalue weighted by atomic mass is 16.3. The SMILES string of the molecule is CC(O)C(=O)NC[C@@H]1CN(C(=O)Cn2ccc3ccccc32)C[C@H]1C. The minimum atomic E-state index is -1.00. The molecule has 2 N–H and O–H groups in total. The number of nitrogens with one attached hydrogen (secondary N) is 1. The summed E-state index contributed by atoms with van der Waals surface area (Å²) in [6, 6.07) is 10.0. The van der Waals surface area contributed by atoms with E-state index in [9.17, 15) is 14.7 Å². The third-order valence-corrected chi connectivity index (χ3v) is 5.02. The Bertz CT molecular complexity index is 768. The van der Waals surface area contributed by atoms with Crippen molar-refractivity contribution in [2.45, 2.75) is 26.5 Å². The third kappa shape index (κ3) is 3.85. The van der Waals surface area contributed by atoms with Crippen molar-refractivity contribution in [2.75, 3.05) is 19.6 Å². The van der Waals surface area contributed by atoms with E-state index in [4.69, 9.17) is 0 Å². The average Bonchev–Trinajstić information content (AvgIpc) is 3.16. The molecule has 1 fully saturated rings. The van der Waals surface area contributed by atoms with E-state index in [1.807, 2.05) is 46.0 Å². The van der Waals surface area contributed by atoms with E-state index in [1.165, 1.54) is 6.92 Å². The van der Waals surface area contributed by atoms with Crippen molar-refractivity contribution in [3.8, 4) is 0 Å². The number of likely N-dealkylation sites (tertiary alicyclic amines) is 1. The lowest BCUT2D eigenvalue weighted by Crippen LogP contribution is -2.38. The van der Waals surface area contributed by atoms with Crippen LogP contribution in [0.1, 0.15) is 13.8 Å². The number of aromatic nitrogens is 1. The van der Waals surface area contributed by atoms with Crippen molar-refractivity contribution < 1.29 is 14.7 Å². The smallest absolute Gasteiger partial charge is 0.248 e. The Morgan fingerprint density at radius 1 is 1.28 bits per heavy atom. The maximum Gasteiger partial charge on any atom is 0.248 e. The number of nitrogens with zero attached hydrogens (tertiary/aromatic N) is 2. The second-order valence-electron chi connectivity index (χ2n) is 6.96. The van der Waals surface area contributed by atoms with Crippen LogP contribution in [0.4, 0.5) is 0 Å². The maximum absolute atomic E-state index is 12.7. The van der Waals surface area contributed by atoms with E-state index in [2.05, 4.69) is 12.2 Å². The molecule has 0 spiro atoms. The van der Waals surface area contributed by atoms with Crippen molar-refractivity contribution >= 4 is 22.7 Å². The molecule has 0 aliphatic carbocycles. The number of benzene rings is 1. The molecule has 6 nitrogen and oxygen atoms in total. The van der Waals surface area contributed by atoms with E-state index in [-0.39, 0.29) is 17.7 Å². The van der Waals surface area contributed by atoms with Gasteiger partial charge in [-0.15, -0.1) is 0 Å². The molecule has 1 aromatic carbocycles. The summed E-state index contributed by atoms with van der Waals surface area (Å²) in [6.07, 6.45) is 0.944. The first-order chi connectivity index (χ1) is 12.0. The van der Waals surface area contributed by atoms with Crippen molar-refractivity contribution in [2.24, 2.45) is 11.8 Å². The van der Waals surface area contributed by atoms with Crippen LogP contribution in [-0.2, 0) is 16.1 Å². The lowest BCUT2D eigenvalue weighted by atomic mass is 9.98. The van der Waals surface area contributed by atoms with E-state index in [0.717, 1.165) is 10.9 Å². The zero-order valence-corrected chi connectivity index (χ0v) is 14.7. The number of rotatable bonds is 5. The lowest BCUT2D eigenvalue weighted by Gasteiger charge is -2.18. The van der Waals surface area contributed by atoms with Crippen LogP contribution < -0.4 is 5.32 Å². The molecule has 1 unspecified atom stereocenters. The summed E-state index contributed by atoms with van der Waals surface area (Å²) in [5.74, 6) is 0.265. The van der Waals surface area contributed by atoms with Crippen LogP contribution in [0.2, 0.25) is 0 Å². The summed E-state index contributed by atoms with van der Waals surface area (Å²) in [5.41, 5.74) is 1.06. The van der Waals surface area contributed by atoms with Gasteiger partial charge in [0.2, 0.25) is 11.8 Å². The Morgan fingerprint density at radius 3 is 2.80 bits per heavy atom. The van der Waals surface area contributed by atoms with Gasteiger partial charge in [-0.25, -0.2) is 0 Å². The molecule has 0 radical (unpaired) electrons. The number of fused-ring (bicyclic) bond motifs is 1. The highest BCUT2D eigenvalue weighted by molar-refractivity contribution is 5.83. The maximum atomic E-state index is 12.7. The van der Waals surface area contributed by atoms with E-state index in [0.29, 0.717) is 32.1 Å². The normalized spacial score (nSPS) is 21.5. The van der Waals surface area contributed by atoms with Gasteiger partial charge >= 0.3 is 0 Å². The molecule has 25 heavy (non-hydrogen) atoms. The zero-order valence-electron chi connectivity index (χ0n) is 14.7. The lowest BCUT2D eigenvalue weighted by molar-refractivity contribution is -0.130. The van der Waals surface area contributed by atoms with E-state index < -0.39 is 6.10 Å². The van der Waals surface area contributed by atoms with Crippen molar-refractivity contribution in [1.29, 1.82) is 0 Å². The minimum absolute atomic E-state index is 0.0950. The largest absolute Gasteiger partial charge is 0.384 e. The summed E-state index contributed by atoms with van der Waals surface area (Å²) in [6.45, 7) is 5.70. The second-order valence-corrected chi connectivity index (χ2v) is 6.96. The fourth-order valence-corrected chi connectivity index (χ4v) is 3.41. The standard InChI is InChI=1S/C19H25N3O3/c1-13-10-22(11-16(13)9-20-19(25)14(2)23)18(24)12-21-8-7-15-5-3-4-6-17(15)21/h3-8,13-14,16,23H,9-12H2,1-2H3,(H,20,25)/t13-,14?,16-/m1/s1. The van der Waals surface area contributed by atoms with Gasteiger partial charge in [0.25, 0.3) is 0 Å².